The molecule has 4 rings (SSSR count). The van der Waals surface area contributed by atoms with E-state index >= 15 is 0 Å². The maximum absolute atomic E-state index is 13.0. The second kappa shape index (κ2) is 12.4. The molecule has 2 atom stereocenters. The van der Waals surface area contributed by atoms with Crippen LogP contribution in [0, 0.1) is 5.41 Å². The molecule has 228 valence electrons. The molecule has 0 bridgehead atoms. The molecule has 2 heterocycles. The standard InChI is InChI=1S/C33H44N2O7/c1-31(2,3)42-30(38)34-23(19-35-28(36)26-10-8-9-11-27(26)29(35)37)18-32(4,5)17-16-22-12-14-24(15-13-22)39-20-25-21-40-33(6,7)41-25/h8-15,23,25H,16-21H2,1-7H3,(H,34,38)/t23-,25+/m0/s1. The Morgan fingerprint density at radius 1 is 1.02 bits per heavy atom. The molecule has 3 amide bonds. The Kier molecular flexibility index (Phi) is 9.33. The first-order chi connectivity index (χ1) is 19.6. The van der Waals surface area contributed by atoms with Gasteiger partial charge in [0.1, 0.15) is 24.1 Å². The Balaban J connectivity index is 1.36. The topological polar surface area (TPSA) is 103 Å². The van der Waals surface area contributed by atoms with Gasteiger partial charge in [-0.3, -0.25) is 14.5 Å². The fraction of sp³-hybridized carbons (Fsp3) is 0.545. The Morgan fingerprint density at radius 3 is 2.19 bits per heavy atom. The quantitative estimate of drug-likeness (QED) is 0.337. The number of hydrogen-bond acceptors (Lipinski definition) is 7. The molecule has 2 aliphatic heterocycles. The molecule has 0 aliphatic carbocycles. The van der Waals surface area contributed by atoms with Gasteiger partial charge in [0.15, 0.2) is 5.79 Å². The Morgan fingerprint density at radius 2 is 1.64 bits per heavy atom. The summed E-state index contributed by atoms with van der Waals surface area (Å²) in [5.74, 6) is -0.491. The summed E-state index contributed by atoms with van der Waals surface area (Å²) in [6.07, 6.45) is 1.51. The lowest BCUT2D eigenvalue weighted by Crippen LogP contribution is -2.48. The van der Waals surface area contributed by atoms with Gasteiger partial charge in [0.2, 0.25) is 0 Å². The second-order valence-electron chi connectivity index (χ2n) is 13.4. The lowest BCUT2D eigenvalue weighted by molar-refractivity contribution is -0.141. The van der Waals surface area contributed by atoms with Crippen molar-refractivity contribution in [1.82, 2.24) is 10.2 Å². The lowest BCUT2D eigenvalue weighted by Gasteiger charge is -2.33. The average Bonchev–Trinajstić information content (AvgIpc) is 3.36. The molecule has 2 aliphatic rings. The van der Waals surface area contributed by atoms with E-state index in [0.29, 0.717) is 30.8 Å². The van der Waals surface area contributed by atoms with Crippen LogP contribution >= 0.6 is 0 Å². The van der Waals surface area contributed by atoms with Gasteiger partial charge >= 0.3 is 6.09 Å². The molecular weight excluding hydrogens is 536 g/mol. The van der Waals surface area contributed by atoms with Crippen molar-refractivity contribution in [2.24, 2.45) is 5.41 Å². The number of nitrogens with zero attached hydrogens (tertiary/aromatic N) is 1. The number of hydrogen-bond donors (Lipinski definition) is 1. The summed E-state index contributed by atoms with van der Waals surface area (Å²) in [5, 5.41) is 2.93. The zero-order valence-corrected chi connectivity index (χ0v) is 25.8. The third-order valence-corrected chi connectivity index (χ3v) is 7.32. The molecule has 0 unspecified atom stereocenters. The number of fused-ring (bicyclic) bond motifs is 1. The predicted molar refractivity (Wildman–Crippen MR) is 159 cm³/mol. The van der Waals surface area contributed by atoms with Crippen LogP contribution in [0.25, 0.3) is 0 Å². The highest BCUT2D eigenvalue weighted by Gasteiger charge is 2.38. The smallest absolute Gasteiger partial charge is 0.407 e. The highest BCUT2D eigenvalue weighted by Crippen LogP contribution is 2.31. The molecule has 9 nitrogen and oxygen atoms in total. The number of nitrogens with one attached hydrogen (secondary N) is 1. The van der Waals surface area contributed by atoms with Crippen molar-refractivity contribution < 1.29 is 33.3 Å². The van der Waals surface area contributed by atoms with Crippen LogP contribution in [0.2, 0.25) is 0 Å². The third-order valence-electron chi connectivity index (χ3n) is 7.32. The van der Waals surface area contributed by atoms with E-state index in [1.807, 2.05) is 26.0 Å². The van der Waals surface area contributed by atoms with E-state index in [9.17, 15) is 14.4 Å². The molecule has 1 saturated heterocycles. The zero-order chi connectivity index (χ0) is 30.7. The minimum Gasteiger partial charge on any atom is -0.491 e. The number of carbonyl (C=O) groups is 3. The molecule has 0 spiro atoms. The first-order valence-electron chi connectivity index (χ1n) is 14.6. The van der Waals surface area contributed by atoms with Gasteiger partial charge in [-0.05, 0) is 89.1 Å². The number of carbonyl (C=O) groups excluding carboxylic acids is 3. The lowest BCUT2D eigenvalue weighted by atomic mass is 9.80. The number of ether oxygens (including phenoxy) is 4. The third kappa shape index (κ3) is 8.55. The molecule has 2 aromatic carbocycles. The number of aryl methyl sites for hydroxylation is 1. The number of amides is 3. The SMILES string of the molecule is CC(C)(CCc1ccc(OC[C@@H]2COC(C)(C)O2)cc1)C[C@@H](CN1C(=O)c2ccccc2C1=O)NC(=O)OC(C)(C)C. The minimum atomic E-state index is -0.677. The molecule has 2 aromatic rings. The zero-order valence-electron chi connectivity index (χ0n) is 25.8. The normalized spacial score (nSPS) is 19.0. The summed E-state index contributed by atoms with van der Waals surface area (Å²) >= 11 is 0. The fourth-order valence-electron chi connectivity index (χ4n) is 5.30. The van der Waals surface area contributed by atoms with Crippen molar-refractivity contribution in [2.75, 3.05) is 19.8 Å². The van der Waals surface area contributed by atoms with Gasteiger partial charge in [-0.25, -0.2) is 4.79 Å². The average molecular weight is 581 g/mol. The summed E-state index contributed by atoms with van der Waals surface area (Å²) in [7, 11) is 0. The summed E-state index contributed by atoms with van der Waals surface area (Å²) < 4.78 is 22.8. The van der Waals surface area contributed by atoms with E-state index in [0.717, 1.165) is 24.2 Å². The predicted octanol–water partition coefficient (Wildman–Crippen LogP) is 5.76. The highest BCUT2D eigenvalue weighted by molar-refractivity contribution is 6.21. The van der Waals surface area contributed by atoms with Crippen molar-refractivity contribution in [3.05, 3.63) is 65.2 Å². The van der Waals surface area contributed by atoms with Crippen molar-refractivity contribution >= 4 is 17.9 Å². The summed E-state index contributed by atoms with van der Waals surface area (Å²) in [4.78, 5) is 40.1. The van der Waals surface area contributed by atoms with E-state index in [1.165, 1.54) is 4.90 Å². The number of benzene rings is 2. The van der Waals surface area contributed by atoms with Gasteiger partial charge in [0, 0.05) is 6.54 Å². The molecule has 42 heavy (non-hydrogen) atoms. The molecule has 9 heteroatoms. The van der Waals surface area contributed by atoms with Crippen molar-refractivity contribution in [2.45, 2.75) is 91.3 Å². The Labute approximate surface area is 248 Å². The van der Waals surface area contributed by atoms with Crippen LogP contribution in [0.4, 0.5) is 4.79 Å². The van der Waals surface area contributed by atoms with Gasteiger partial charge in [-0.1, -0.05) is 38.1 Å². The highest BCUT2D eigenvalue weighted by atomic mass is 16.7. The van der Waals surface area contributed by atoms with Crippen LogP contribution in [-0.4, -0.2) is 66.1 Å². The van der Waals surface area contributed by atoms with Crippen LogP contribution < -0.4 is 10.1 Å². The van der Waals surface area contributed by atoms with Crippen LogP contribution in [0.5, 0.6) is 5.75 Å². The second-order valence-corrected chi connectivity index (χ2v) is 13.4. The number of alkyl carbamates (subject to hydrolysis) is 1. The summed E-state index contributed by atoms with van der Waals surface area (Å²) in [6, 6.07) is 14.3. The van der Waals surface area contributed by atoms with Gasteiger partial charge in [-0.15, -0.1) is 0 Å². The van der Waals surface area contributed by atoms with E-state index < -0.39 is 23.5 Å². The van der Waals surface area contributed by atoms with Crippen molar-refractivity contribution in [3.63, 3.8) is 0 Å². The van der Waals surface area contributed by atoms with E-state index in [4.69, 9.17) is 18.9 Å². The number of imide groups is 1. The summed E-state index contributed by atoms with van der Waals surface area (Å²) in [5.41, 5.74) is 1.04. The maximum Gasteiger partial charge on any atom is 0.407 e. The largest absolute Gasteiger partial charge is 0.491 e. The number of rotatable bonds is 11. The van der Waals surface area contributed by atoms with E-state index in [2.05, 4.69) is 31.3 Å². The van der Waals surface area contributed by atoms with E-state index in [1.54, 1.807) is 45.0 Å². The summed E-state index contributed by atoms with van der Waals surface area (Å²) in [6.45, 7) is 14.4. The molecule has 0 radical (unpaired) electrons. The molecule has 0 saturated carbocycles. The Bertz CT molecular complexity index is 1250. The first kappa shape index (κ1) is 31.5. The van der Waals surface area contributed by atoms with Crippen LogP contribution in [-0.2, 0) is 20.6 Å². The molecular formula is C33H44N2O7. The van der Waals surface area contributed by atoms with Gasteiger partial charge in [-0.2, -0.15) is 0 Å². The molecule has 1 N–H and O–H groups in total. The maximum atomic E-state index is 13.0. The van der Waals surface area contributed by atoms with Gasteiger partial charge < -0.3 is 24.3 Å². The van der Waals surface area contributed by atoms with Crippen LogP contribution in [0.15, 0.2) is 48.5 Å². The Hall–Kier alpha value is -3.43. The minimum absolute atomic E-state index is 0.0635. The monoisotopic (exact) mass is 580 g/mol. The van der Waals surface area contributed by atoms with Gasteiger partial charge in [0.05, 0.1) is 23.8 Å². The van der Waals surface area contributed by atoms with Crippen molar-refractivity contribution in [3.8, 4) is 5.75 Å². The fourth-order valence-corrected chi connectivity index (χ4v) is 5.30. The van der Waals surface area contributed by atoms with Gasteiger partial charge in [0.25, 0.3) is 11.8 Å². The van der Waals surface area contributed by atoms with Crippen LogP contribution in [0.1, 0.15) is 87.6 Å². The molecule has 0 aromatic heterocycles. The van der Waals surface area contributed by atoms with Crippen LogP contribution in [0.3, 0.4) is 0 Å². The first-order valence-corrected chi connectivity index (χ1v) is 14.6. The van der Waals surface area contributed by atoms with Crippen molar-refractivity contribution in [1.29, 1.82) is 0 Å². The molecule has 1 fully saturated rings. The van der Waals surface area contributed by atoms with E-state index in [-0.39, 0.29) is 29.9 Å².